The molecule has 0 aliphatic heterocycles. The van der Waals surface area contributed by atoms with Crippen LogP contribution in [0.3, 0.4) is 0 Å². The van der Waals surface area contributed by atoms with Gasteiger partial charge in [0.25, 0.3) is 0 Å². The largest absolute Gasteiger partial charge is 0.497 e. The number of rotatable bonds is 2. The first-order valence-corrected chi connectivity index (χ1v) is 6.14. The van der Waals surface area contributed by atoms with E-state index in [9.17, 15) is 14.7 Å². The minimum atomic E-state index is -1.14. The lowest BCUT2D eigenvalue weighted by molar-refractivity contribution is 0.0688. The first kappa shape index (κ1) is 12.4. The molecule has 2 N–H and O–H groups in total. The fourth-order valence-electron chi connectivity index (χ4n) is 2.54. The molecule has 0 bridgehead atoms. The number of hydrogen-bond acceptors (Lipinski definition) is 4. The maximum Gasteiger partial charge on any atom is 0.352 e. The molecular weight excluding hydrogens is 260 g/mol. The summed E-state index contributed by atoms with van der Waals surface area (Å²) in [6.45, 7) is 0. The SMILES string of the molecule is COc1ccc2c(c1)CCc1c-2nc(=O)[nH]c1C(=O)O. The standard InChI is InChI=1S/C14H12N2O4/c1-20-8-3-5-9-7(6-8)2-4-10-11(9)15-14(19)16-12(10)13(17)18/h3,5-6H,2,4H2,1H3,(H,17,18)(H,15,16,19). The molecule has 6 heteroatoms. The van der Waals surface area contributed by atoms with Crippen LogP contribution in [0.15, 0.2) is 23.0 Å². The second-order valence-corrected chi connectivity index (χ2v) is 4.57. The first-order valence-electron chi connectivity index (χ1n) is 6.14. The van der Waals surface area contributed by atoms with Gasteiger partial charge in [0, 0.05) is 11.1 Å². The van der Waals surface area contributed by atoms with E-state index in [0.29, 0.717) is 24.1 Å². The fourth-order valence-corrected chi connectivity index (χ4v) is 2.54. The average molecular weight is 272 g/mol. The zero-order valence-corrected chi connectivity index (χ0v) is 10.8. The van der Waals surface area contributed by atoms with Gasteiger partial charge in [0.2, 0.25) is 0 Å². The van der Waals surface area contributed by atoms with Crippen LogP contribution in [0.25, 0.3) is 11.3 Å². The van der Waals surface area contributed by atoms with Gasteiger partial charge in [0.1, 0.15) is 11.4 Å². The number of nitrogens with one attached hydrogen (secondary N) is 1. The van der Waals surface area contributed by atoms with Crippen LogP contribution in [-0.2, 0) is 12.8 Å². The Hall–Kier alpha value is -2.63. The van der Waals surface area contributed by atoms with Crippen LogP contribution >= 0.6 is 0 Å². The van der Waals surface area contributed by atoms with Crippen molar-refractivity contribution in [1.82, 2.24) is 9.97 Å². The normalized spacial score (nSPS) is 12.4. The van der Waals surface area contributed by atoms with E-state index in [2.05, 4.69) is 9.97 Å². The van der Waals surface area contributed by atoms with E-state index in [1.807, 2.05) is 12.1 Å². The van der Waals surface area contributed by atoms with Crippen LogP contribution in [-0.4, -0.2) is 28.2 Å². The number of carbonyl (C=O) groups is 1. The Morgan fingerprint density at radius 3 is 2.90 bits per heavy atom. The first-order chi connectivity index (χ1) is 9.60. The molecule has 1 aliphatic carbocycles. The highest BCUT2D eigenvalue weighted by Gasteiger charge is 2.24. The van der Waals surface area contributed by atoms with Crippen molar-refractivity contribution >= 4 is 5.97 Å². The van der Waals surface area contributed by atoms with Gasteiger partial charge in [0.05, 0.1) is 12.8 Å². The fraction of sp³-hybridized carbons (Fsp3) is 0.214. The molecule has 0 amide bonds. The van der Waals surface area contributed by atoms with Gasteiger partial charge in [-0.25, -0.2) is 9.59 Å². The van der Waals surface area contributed by atoms with E-state index in [1.54, 1.807) is 13.2 Å². The van der Waals surface area contributed by atoms with E-state index in [1.165, 1.54) is 0 Å². The summed E-state index contributed by atoms with van der Waals surface area (Å²) in [6.07, 6.45) is 1.22. The summed E-state index contributed by atoms with van der Waals surface area (Å²) in [5, 5.41) is 9.18. The molecule has 0 unspecified atom stereocenters. The Bertz CT molecular complexity index is 764. The molecule has 0 radical (unpaired) electrons. The summed E-state index contributed by atoms with van der Waals surface area (Å²) in [4.78, 5) is 29.0. The van der Waals surface area contributed by atoms with Crippen molar-refractivity contribution in [2.75, 3.05) is 7.11 Å². The summed E-state index contributed by atoms with van der Waals surface area (Å²) < 4.78 is 5.17. The number of hydrogen-bond donors (Lipinski definition) is 2. The highest BCUT2D eigenvalue weighted by molar-refractivity contribution is 5.90. The number of fused-ring (bicyclic) bond motifs is 3. The number of H-pyrrole nitrogens is 1. The third kappa shape index (κ3) is 1.85. The molecule has 102 valence electrons. The average Bonchev–Trinajstić information content (AvgIpc) is 2.45. The number of aromatic nitrogens is 2. The second-order valence-electron chi connectivity index (χ2n) is 4.57. The highest BCUT2D eigenvalue weighted by Crippen LogP contribution is 2.34. The number of aromatic carboxylic acids is 1. The Balaban J connectivity index is 2.27. The minimum Gasteiger partial charge on any atom is -0.497 e. The summed E-state index contributed by atoms with van der Waals surface area (Å²) >= 11 is 0. The Labute approximate surface area is 114 Å². The molecule has 0 atom stereocenters. The summed E-state index contributed by atoms with van der Waals surface area (Å²) in [6, 6.07) is 5.48. The number of carboxylic acids is 1. The predicted octanol–water partition coefficient (Wildman–Crippen LogP) is 1.24. The molecule has 0 saturated carbocycles. The molecule has 1 aliphatic rings. The van der Waals surface area contributed by atoms with Gasteiger partial charge >= 0.3 is 11.7 Å². The van der Waals surface area contributed by atoms with Crippen molar-refractivity contribution in [1.29, 1.82) is 0 Å². The number of nitrogens with zero attached hydrogens (tertiary/aromatic N) is 1. The molecule has 0 fully saturated rings. The Morgan fingerprint density at radius 1 is 1.40 bits per heavy atom. The molecule has 20 heavy (non-hydrogen) atoms. The third-order valence-corrected chi connectivity index (χ3v) is 3.46. The number of aryl methyl sites for hydroxylation is 1. The van der Waals surface area contributed by atoms with Gasteiger partial charge in [-0.1, -0.05) is 0 Å². The summed E-state index contributed by atoms with van der Waals surface area (Å²) in [7, 11) is 1.59. The zero-order valence-electron chi connectivity index (χ0n) is 10.8. The topological polar surface area (TPSA) is 92.3 Å². The van der Waals surface area contributed by atoms with Crippen molar-refractivity contribution in [3.63, 3.8) is 0 Å². The smallest absolute Gasteiger partial charge is 0.352 e. The number of aromatic amines is 1. The molecule has 0 saturated heterocycles. The Morgan fingerprint density at radius 2 is 2.20 bits per heavy atom. The van der Waals surface area contributed by atoms with Gasteiger partial charge in [0.15, 0.2) is 0 Å². The van der Waals surface area contributed by atoms with Crippen LogP contribution in [0.5, 0.6) is 5.75 Å². The monoisotopic (exact) mass is 272 g/mol. The lowest BCUT2D eigenvalue weighted by Crippen LogP contribution is -2.23. The van der Waals surface area contributed by atoms with Crippen molar-refractivity contribution < 1.29 is 14.6 Å². The van der Waals surface area contributed by atoms with E-state index in [0.717, 1.165) is 16.9 Å². The van der Waals surface area contributed by atoms with Gasteiger partial charge in [-0.15, -0.1) is 0 Å². The maximum atomic E-state index is 11.5. The van der Waals surface area contributed by atoms with E-state index >= 15 is 0 Å². The number of methoxy groups -OCH3 is 1. The summed E-state index contributed by atoms with van der Waals surface area (Å²) in [5.74, 6) is -0.409. The molecular formula is C14H12N2O4. The maximum absolute atomic E-state index is 11.5. The van der Waals surface area contributed by atoms with Crippen molar-refractivity contribution in [2.45, 2.75) is 12.8 Å². The van der Waals surface area contributed by atoms with Crippen LogP contribution in [0.1, 0.15) is 21.6 Å². The lowest BCUT2D eigenvalue weighted by Gasteiger charge is -2.20. The number of carboxylic acid groups (broad SMARTS) is 1. The van der Waals surface area contributed by atoms with Crippen LogP contribution in [0, 0.1) is 0 Å². The highest BCUT2D eigenvalue weighted by atomic mass is 16.5. The second kappa shape index (κ2) is 4.48. The molecule has 6 nitrogen and oxygen atoms in total. The van der Waals surface area contributed by atoms with Crippen LogP contribution < -0.4 is 10.4 Å². The van der Waals surface area contributed by atoms with Crippen LogP contribution in [0.4, 0.5) is 0 Å². The van der Waals surface area contributed by atoms with E-state index < -0.39 is 11.7 Å². The molecule has 0 spiro atoms. The molecule has 1 heterocycles. The van der Waals surface area contributed by atoms with Crippen molar-refractivity contribution in [2.24, 2.45) is 0 Å². The Kier molecular flexibility index (Phi) is 2.78. The molecule has 1 aromatic heterocycles. The quantitative estimate of drug-likeness (QED) is 0.858. The van der Waals surface area contributed by atoms with Crippen LogP contribution in [0.2, 0.25) is 0 Å². The third-order valence-electron chi connectivity index (χ3n) is 3.46. The van der Waals surface area contributed by atoms with Crippen molar-refractivity contribution in [3.05, 3.63) is 45.5 Å². The number of benzene rings is 1. The van der Waals surface area contributed by atoms with Gasteiger partial charge < -0.3 is 9.84 Å². The molecule has 3 rings (SSSR count). The van der Waals surface area contributed by atoms with Crippen molar-refractivity contribution in [3.8, 4) is 17.0 Å². The minimum absolute atomic E-state index is 0.0681. The number of ether oxygens (including phenoxy) is 1. The zero-order chi connectivity index (χ0) is 14.3. The summed E-state index contributed by atoms with van der Waals surface area (Å²) in [5.41, 5.74) is 2.11. The molecule has 1 aromatic carbocycles. The van der Waals surface area contributed by atoms with Gasteiger partial charge in [-0.05, 0) is 36.6 Å². The molecule has 2 aromatic rings. The lowest BCUT2D eigenvalue weighted by atomic mass is 9.88. The van der Waals surface area contributed by atoms with Gasteiger partial charge in [-0.2, -0.15) is 4.98 Å². The van der Waals surface area contributed by atoms with Gasteiger partial charge in [-0.3, -0.25) is 4.98 Å². The van der Waals surface area contributed by atoms with E-state index in [-0.39, 0.29) is 5.69 Å². The predicted molar refractivity (Wildman–Crippen MR) is 71.2 cm³/mol. The van der Waals surface area contributed by atoms with E-state index in [4.69, 9.17) is 4.74 Å².